The summed E-state index contributed by atoms with van der Waals surface area (Å²) in [5, 5.41) is 3.32. The van der Waals surface area contributed by atoms with Crippen LogP contribution in [0, 0.1) is 5.82 Å². The molecule has 0 saturated heterocycles. The molecule has 0 aliphatic carbocycles. The van der Waals surface area contributed by atoms with Gasteiger partial charge in [0.25, 0.3) is 11.2 Å². The largest absolute Gasteiger partial charge is 0.333 e. The Morgan fingerprint density at radius 3 is 2.69 bits per heavy atom. The standard InChI is InChI=1S/C8H4ClFN2O/c9-8-11-7(13-12-8)5-3-1-2-4-6(5)10/h1-4H. The fourth-order valence-corrected chi connectivity index (χ4v) is 1.06. The molecule has 13 heavy (non-hydrogen) atoms. The van der Waals surface area contributed by atoms with Gasteiger partial charge in [-0.1, -0.05) is 12.1 Å². The summed E-state index contributed by atoms with van der Waals surface area (Å²) in [6, 6.07) is 6.11. The third kappa shape index (κ3) is 1.53. The lowest BCUT2D eigenvalue weighted by molar-refractivity contribution is 0.428. The average molecular weight is 199 g/mol. The van der Waals surface area contributed by atoms with Crippen molar-refractivity contribution in [1.82, 2.24) is 10.1 Å². The highest BCUT2D eigenvalue weighted by Crippen LogP contribution is 2.21. The smallest absolute Gasteiger partial charge is 0.264 e. The first-order valence-electron chi connectivity index (χ1n) is 3.51. The molecule has 5 heteroatoms. The summed E-state index contributed by atoms with van der Waals surface area (Å²) in [7, 11) is 0. The van der Waals surface area contributed by atoms with Crippen LogP contribution in [-0.4, -0.2) is 10.1 Å². The molecular formula is C8H4ClFN2O. The van der Waals surface area contributed by atoms with Gasteiger partial charge < -0.3 is 4.52 Å². The molecule has 0 aliphatic rings. The lowest BCUT2D eigenvalue weighted by atomic mass is 10.2. The molecule has 0 amide bonds. The van der Waals surface area contributed by atoms with E-state index in [2.05, 4.69) is 10.1 Å². The molecule has 0 spiro atoms. The van der Waals surface area contributed by atoms with Gasteiger partial charge in [0.15, 0.2) is 0 Å². The first-order valence-corrected chi connectivity index (χ1v) is 3.89. The van der Waals surface area contributed by atoms with E-state index >= 15 is 0 Å². The van der Waals surface area contributed by atoms with Crippen LogP contribution in [0.1, 0.15) is 0 Å². The molecule has 0 atom stereocenters. The van der Waals surface area contributed by atoms with Gasteiger partial charge in [-0.05, 0) is 28.9 Å². The van der Waals surface area contributed by atoms with Crippen LogP contribution in [-0.2, 0) is 0 Å². The maximum atomic E-state index is 13.1. The molecule has 1 aromatic heterocycles. The minimum absolute atomic E-state index is 0.0294. The van der Waals surface area contributed by atoms with Crippen molar-refractivity contribution in [1.29, 1.82) is 0 Å². The third-order valence-electron chi connectivity index (χ3n) is 1.51. The zero-order valence-corrected chi connectivity index (χ0v) is 7.12. The highest BCUT2D eigenvalue weighted by molar-refractivity contribution is 6.28. The minimum atomic E-state index is -0.414. The molecule has 0 aliphatic heterocycles. The van der Waals surface area contributed by atoms with E-state index in [9.17, 15) is 4.39 Å². The predicted octanol–water partition coefficient (Wildman–Crippen LogP) is 2.53. The Labute approximate surface area is 78.1 Å². The number of rotatable bonds is 1. The molecule has 0 bridgehead atoms. The zero-order valence-electron chi connectivity index (χ0n) is 6.37. The summed E-state index contributed by atoms with van der Waals surface area (Å²) in [5.74, 6) is -0.328. The maximum Gasteiger partial charge on any atom is 0.264 e. The number of halogens is 2. The fraction of sp³-hybridized carbons (Fsp3) is 0. The van der Waals surface area contributed by atoms with E-state index in [1.54, 1.807) is 18.2 Å². The number of nitrogens with zero attached hydrogens (tertiary/aromatic N) is 2. The molecule has 1 aromatic carbocycles. The van der Waals surface area contributed by atoms with E-state index in [4.69, 9.17) is 16.1 Å². The number of hydrogen-bond donors (Lipinski definition) is 0. The van der Waals surface area contributed by atoms with E-state index in [1.165, 1.54) is 6.07 Å². The quantitative estimate of drug-likeness (QED) is 0.707. The lowest BCUT2D eigenvalue weighted by Crippen LogP contribution is -1.82. The highest BCUT2D eigenvalue weighted by Gasteiger charge is 2.10. The molecule has 0 radical (unpaired) electrons. The van der Waals surface area contributed by atoms with Gasteiger partial charge in [0.2, 0.25) is 0 Å². The number of benzene rings is 1. The van der Waals surface area contributed by atoms with Gasteiger partial charge in [0, 0.05) is 0 Å². The number of aromatic nitrogens is 2. The summed E-state index contributed by atoms with van der Waals surface area (Å²) < 4.78 is 17.8. The van der Waals surface area contributed by atoms with Crippen molar-refractivity contribution < 1.29 is 8.91 Å². The third-order valence-corrected chi connectivity index (χ3v) is 1.66. The first kappa shape index (κ1) is 8.19. The lowest BCUT2D eigenvalue weighted by Gasteiger charge is -1.93. The molecule has 0 saturated carbocycles. The second-order valence-electron chi connectivity index (χ2n) is 2.35. The van der Waals surface area contributed by atoms with Crippen molar-refractivity contribution in [3.8, 4) is 11.5 Å². The van der Waals surface area contributed by atoms with E-state index in [1.807, 2.05) is 0 Å². The van der Waals surface area contributed by atoms with E-state index in [0.717, 1.165) is 0 Å². The van der Waals surface area contributed by atoms with Crippen LogP contribution in [0.5, 0.6) is 0 Å². The van der Waals surface area contributed by atoms with Crippen molar-refractivity contribution >= 4 is 11.6 Å². The molecule has 2 aromatic rings. The van der Waals surface area contributed by atoms with Gasteiger partial charge in [0.05, 0.1) is 5.56 Å². The van der Waals surface area contributed by atoms with Gasteiger partial charge in [-0.3, -0.25) is 0 Å². The van der Waals surface area contributed by atoms with Crippen molar-refractivity contribution in [2.45, 2.75) is 0 Å². The van der Waals surface area contributed by atoms with Crippen LogP contribution in [0.2, 0.25) is 5.28 Å². The van der Waals surface area contributed by atoms with Crippen LogP contribution in [0.3, 0.4) is 0 Å². The Balaban J connectivity index is 2.52. The van der Waals surface area contributed by atoms with Crippen LogP contribution in [0.25, 0.3) is 11.5 Å². The second-order valence-corrected chi connectivity index (χ2v) is 2.69. The van der Waals surface area contributed by atoms with Gasteiger partial charge in [-0.2, -0.15) is 4.98 Å². The van der Waals surface area contributed by atoms with E-state index < -0.39 is 5.82 Å². The predicted molar refractivity (Wildman–Crippen MR) is 44.7 cm³/mol. The zero-order chi connectivity index (χ0) is 9.26. The van der Waals surface area contributed by atoms with Gasteiger partial charge >= 0.3 is 0 Å². The molecule has 0 unspecified atom stereocenters. The molecule has 3 nitrogen and oxygen atoms in total. The van der Waals surface area contributed by atoms with E-state index in [0.29, 0.717) is 0 Å². The monoisotopic (exact) mass is 198 g/mol. The second kappa shape index (κ2) is 3.14. The Morgan fingerprint density at radius 1 is 1.31 bits per heavy atom. The summed E-state index contributed by atoms with van der Waals surface area (Å²) in [5.41, 5.74) is 0.252. The van der Waals surface area contributed by atoms with Gasteiger partial charge in [-0.25, -0.2) is 4.39 Å². The molecule has 0 N–H and O–H groups in total. The molecule has 2 rings (SSSR count). The van der Waals surface area contributed by atoms with Crippen molar-refractivity contribution in [3.05, 3.63) is 35.4 Å². The SMILES string of the molecule is Fc1ccccc1-c1nc(Cl)no1. The Morgan fingerprint density at radius 2 is 2.08 bits per heavy atom. The van der Waals surface area contributed by atoms with Crippen molar-refractivity contribution in [2.75, 3.05) is 0 Å². The fourth-order valence-electron chi connectivity index (χ4n) is 0.950. The molecule has 1 heterocycles. The van der Waals surface area contributed by atoms with Gasteiger partial charge in [0.1, 0.15) is 5.82 Å². The van der Waals surface area contributed by atoms with Crippen LogP contribution in [0.4, 0.5) is 4.39 Å². The van der Waals surface area contributed by atoms with Crippen molar-refractivity contribution in [3.63, 3.8) is 0 Å². The number of hydrogen-bond acceptors (Lipinski definition) is 3. The van der Waals surface area contributed by atoms with Crippen LogP contribution >= 0.6 is 11.6 Å². The summed E-state index contributed by atoms with van der Waals surface area (Å²) in [6.07, 6.45) is 0. The van der Waals surface area contributed by atoms with Crippen molar-refractivity contribution in [2.24, 2.45) is 0 Å². The Bertz CT molecular complexity index is 430. The maximum absolute atomic E-state index is 13.1. The molecule has 66 valence electrons. The summed E-state index contributed by atoms with van der Waals surface area (Å²) in [6.45, 7) is 0. The van der Waals surface area contributed by atoms with Crippen LogP contribution < -0.4 is 0 Å². The minimum Gasteiger partial charge on any atom is -0.333 e. The average Bonchev–Trinajstić information content (AvgIpc) is 2.53. The topological polar surface area (TPSA) is 38.9 Å². The normalized spacial score (nSPS) is 10.3. The highest BCUT2D eigenvalue weighted by atomic mass is 35.5. The molecular weight excluding hydrogens is 195 g/mol. The first-order chi connectivity index (χ1) is 6.27. The van der Waals surface area contributed by atoms with E-state index in [-0.39, 0.29) is 16.7 Å². The summed E-state index contributed by atoms with van der Waals surface area (Å²) >= 11 is 5.42. The Kier molecular flexibility index (Phi) is 1.98. The Hall–Kier alpha value is -1.42. The molecule has 0 fully saturated rings. The summed E-state index contributed by atoms with van der Waals surface area (Å²) in [4.78, 5) is 3.69. The van der Waals surface area contributed by atoms with Crippen LogP contribution in [0.15, 0.2) is 28.8 Å². The van der Waals surface area contributed by atoms with Gasteiger partial charge in [-0.15, -0.1) is 0 Å².